The van der Waals surface area contributed by atoms with Crippen molar-refractivity contribution in [2.24, 2.45) is 35.5 Å². The van der Waals surface area contributed by atoms with E-state index in [1.165, 1.54) is 89.9 Å². The Balaban J connectivity index is 0.867. The maximum atomic E-state index is 13.3. The number of rotatable bonds is 7. The van der Waals surface area contributed by atoms with Crippen LogP contribution in [-0.2, 0) is 14.3 Å². The van der Waals surface area contributed by atoms with Gasteiger partial charge in [-0.1, -0.05) is 64.0 Å². The molecule has 0 saturated heterocycles. The minimum absolute atomic E-state index is 0.197. The summed E-state index contributed by atoms with van der Waals surface area (Å²) in [4.78, 5) is 14.1. The van der Waals surface area contributed by atoms with E-state index < -0.39 is 0 Å². The monoisotopic (exact) mass is 682 g/mol. The third-order valence-corrected chi connectivity index (χ3v) is 14.4. The maximum absolute atomic E-state index is 13.3. The highest BCUT2D eigenvalue weighted by molar-refractivity contribution is 9.10. The summed E-state index contributed by atoms with van der Waals surface area (Å²) in [5, 5.41) is 0. The first-order chi connectivity index (χ1) is 19.5. The molecule has 40 heavy (non-hydrogen) atoms. The van der Waals surface area contributed by atoms with Gasteiger partial charge in [-0.2, -0.15) is 0 Å². The van der Waals surface area contributed by atoms with Crippen molar-refractivity contribution in [3.63, 3.8) is 0 Å². The van der Waals surface area contributed by atoms with Crippen LogP contribution in [0, 0.1) is 35.5 Å². The molecule has 6 aliphatic carbocycles. The Hall–Kier alpha value is 0.550. The Bertz CT molecular complexity index is 798. The normalized spacial score (nSPS) is 45.5. The summed E-state index contributed by atoms with van der Waals surface area (Å²) in [5.74, 6) is 5.02. The second kappa shape index (κ2) is 14.6. The molecule has 0 N–H and O–H groups in total. The lowest BCUT2D eigenvalue weighted by atomic mass is 9.62. The maximum Gasteiger partial charge on any atom is 0.140 e. The molecule has 6 aliphatic rings. The van der Waals surface area contributed by atoms with E-state index in [2.05, 4.69) is 31.9 Å². The third kappa shape index (κ3) is 7.79. The molecule has 3 nitrogen and oxygen atoms in total. The minimum Gasteiger partial charge on any atom is -0.375 e. The molecule has 0 spiro atoms. The Kier molecular flexibility index (Phi) is 11.1. The van der Waals surface area contributed by atoms with E-state index in [4.69, 9.17) is 9.47 Å². The minimum atomic E-state index is 0.197. The molecule has 0 amide bonds. The number of halogens is 2. The number of carbonyl (C=O) groups excluding carboxylic acids is 1. The lowest BCUT2D eigenvalue weighted by Crippen LogP contribution is -2.39. The molecule has 0 aliphatic heterocycles. The van der Waals surface area contributed by atoms with Crippen molar-refractivity contribution in [3.8, 4) is 0 Å². The van der Waals surface area contributed by atoms with Crippen LogP contribution in [0.4, 0.5) is 0 Å². The lowest BCUT2D eigenvalue weighted by molar-refractivity contribution is -0.131. The summed E-state index contributed by atoms with van der Waals surface area (Å²) in [6.07, 6.45) is 30.0. The second-order valence-electron chi connectivity index (χ2n) is 15.0. The quantitative estimate of drug-likeness (QED) is 0.251. The van der Waals surface area contributed by atoms with Gasteiger partial charge in [-0.05, 0) is 133 Å². The molecule has 7 atom stereocenters. The van der Waals surface area contributed by atoms with Crippen molar-refractivity contribution in [2.75, 3.05) is 0 Å². The number of ketones is 1. The summed E-state index contributed by atoms with van der Waals surface area (Å²) in [6.45, 7) is 0. The average molecular weight is 685 g/mol. The first-order valence-electron chi connectivity index (χ1n) is 17.6. The van der Waals surface area contributed by atoms with Crippen LogP contribution in [0.15, 0.2) is 0 Å². The van der Waals surface area contributed by atoms with Gasteiger partial charge in [0.25, 0.3) is 0 Å². The van der Waals surface area contributed by atoms with Crippen molar-refractivity contribution in [3.05, 3.63) is 0 Å². The summed E-state index contributed by atoms with van der Waals surface area (Å²) in [5.41, 5.74) is 0. The molecule has 0 bridgehead atoms. The van der Waals surface area contributed by atoms with Gasteiger partial charge >= 0.3 is 0 Å². The topological polar surface area (TPSA) is 35.5 Å². The number of hydrogen-bond acceptors (Lipinski definition) is 3. The van der Waals surface area contributed by atoms with E-state index in [0.717, 1.165) is 75.0 Å². The predicted molar refractivity (Wildman–Crippen MR) is 170 cm³/mol. The summed E-state index contributed by atoms with van der Waals surface area (Å²) < 4.78 is 13.4. The van der Waals surface area contributed by atoms with Crippen LogP contribution in [0.5, 0.6) is 0 Å². The first-order valence-corrected chi connectivity index (χ1v) is 19.5. The van der Waals surface area contributed by atoms with Crippen LogP contribution in [0.1, 0.15) is 141 Å². The van der Waals surface area contributed by atoms with Crippen LogP contribution in [-0.4, -0.2) is 39.9 Å². The Labute approximate surface area is 261 Å². The van der Waals surface area contributed by atoms with Crippen molar-refractivity contribution < 1.29 is 14.3 Å². The van der Waals surface area contributed by atoms with Crippen molar-refractivity contribution in [1.82, 2.24) is 0 Å². The fourth-order valence-electron chi connectivity index (χ4n) is 10.1. The molecule has 6 fully saturated rings. The van der Waals surface area contributed by atoms with Gasteiger partial charge in [0.2, 0.25) is 0 Å². The highest BCUT2D eigenvalue weighted by Gasteiger charge is 2.40. The van der Waals surface area contributed by atoms with E-state index in [1.807, 2.05) is 0 Å². The Morgan fingerprint density at radius 2 is 1.00 bits per heavy atom. The van der Waals surface area contributed by atoms with Gasteiger partial charge in [0.15, 0.2) is 0 Å². The number of alkyl halides is 2. The zero-order chi connectivity index (χ0) is 27.5. The molecule has 5 heteroatoms. The average Bonchev–Trinajstić information content (AvgIpc) is 2.99. The van der Waals surface area contributed by atoms with Crippen LogP contribution in [0.25, 0.3) is 0 Å². The van der Waals surface area contributed by atoms with Crippen molar-refractivity contribution >= 4 is 37.6 Å². The SMILES string of the molecule is O=C(C1CCC(OC2CCC(OC3CCC4CC(C5CCCCC5)CCC4C3)CC2)CC1)C1CC(Br)CCC1Br. The second-order valence-corrected chi connectivity index (χ2v) is 17.5. The fraction of sp³-hybridized carbons (Fsp3) is 0.971. The van der Waals surface area contributed by atoms with Gasteiger partial charge in [-0.15, -0.1) is 0 Å². The van der Waals surface area contributed by atoms with Gasteiger partial charge in [-0.3, -0.25) is 4.79 Å². The third-order valence-electron chi connectivity index (χ3n) is 12.5. The van der Waals surface area contributed by atoms with Gasteiger partial charge in [0.05, 0.1) is 24.4 Å². The van der Waals surface area contributed by atoms with Gasteiger partial charge < -0.3 is 9.47 Å². The van der Waals surface area contributed by atoms with Gasteiger partial charge in [0.1, 0.15) is 5.78 Å². The lowest BCUT2D eigenvalue weighted by Gasteiger charge is -2.45. The molecule has 0 aromatic carbocycles. The molecule has 0 aromatic heterocycles. The van der Waals surface area contributed by atoms with Crippen LogP contribution >= 0.6 is 31.9 Å². The zero-order valence-corrected chi connectivity index (χ0v) is 28.1. The largest absolute Gasteiger partial charge is 0.375 e. The number of hydrogen-bond donors (Lipinski definition) is 0. The standard InChI is InChI=1S/C35H56Br2O3/c36-28-11-19-34(37)33(22-28)35(38)24-8-12-29(13-9-24)39-30-15-17-31(18-16-30)40-32-14-10-26-20-25(6-7-27(26)21-32)23-4-2-1-3-5-23/h23-34H,1-22H2. The molecular formula is C35H56Br2O3. The molecule has 7 unspecified atom stereocenters. The van der Waals surface area contributed by atoms with Gasteiger partial charge in [-0.25, -0.2) is 0 Å². The van der Waals surface area contributed by atoms with Crippen LogP contribution < -0.4 is 0 Å². The van der Waals surface area contributed by atoms with E-state index in [1.54, 1.807) is 0 Å². The van der Waals surface area contributed by atoms with E-state index in [0.29, 0.717) is 39.9 Å². The summed E-state index contributed by atoms with van der Waals surface area (Å²) >= 11 is 7.59. The Morgan fingerprint density at radius 1 is 0.475 bits per heavy atom. The van der Waals surface area contributed by atoms with Crippen molar-refractivity contribution in [2.45, 2.75) is 175 Å². The number of Topliss-reactive ketones (excluding diaryl/α,β-unsaturated/α-hetero) is 1. The molecule has 0 heterocycles. The number of carbonyl (C=O) groups is 1. The highest BCUT2D eigenvalue weighted by Crippen LogP contribution is 2.48. The fourth-order valence-corrected chi connectivity index (χ4v) is 11.5. The molecule has 228 valence electrons. The zero-order valence-electron chi connectivity index (χ0n) is 25.0. The first kappa shape index (κ1) is 30.6. The van der Waals surface area contributed by atoms with Gasteiger partial charge in [0, 0.05) is 21.5 Å². The van der Waals surface area contributed by atoms with E-state index >= 15 is 0 Å². The molecule has 0 aromatic rings. The van der Waals surface area contributed by atoms with Crippen LogP contribution in [0.3, 0.4) is 0 Å². The summed E-state index contributed by atoms with van der Waals surface area (Å²) in [7, 11) is 0. The van der Waals surface area contributed by atoms with Crippen molar-refractivity contribution in [1.29, 1.82) is 0 Å². The molecule has 0 radical (unpaired) electrons. The van der Waals surface area contributed by atoms with E-state index in [9.17, 15) is 4.79 Å². The Morgan fingerprint density at radius 3 is 1.68 bits per heavy atom. The van der Waals surface area contributed by atoms with Crippen LogP contribution in [0.2, 0.25) is 0 Å². The number of ether oxygens (including phenoxy) is 2. The molecule has 6 saturated carbocycles. The number of fused-ring (bicyclic) bond motifs is 1. The molecular weight excluding hydrogens is 628 g/mol. The predicted octanol–water partition coefficient (Wildman–Crippen LogP) is 9.95. The molecule has 6 rings (SSSR count). The highest BCUT2D eigenvalue weighted by atomic mass is 79.9. The van der Waals surface area contributed by atoms with E-state index in [-0.39, 0.29) is 11.8 Å². The summed E-state index contributed by atoms with van der Waals surface area (Å²) in [6, 6.07) is 0. The smallest absolute Gasteiger partial charge is 0.140 e.